The summed E-state index contributed by atoms with van der Waals surface area (Å²) in [6, 6.07) is 0.334. The fraction of sp³-hybridized carbons (Fsp3) is 0.900. The Balaban J connectivity index is 2.60. The lowest BCUT2D eigenvalue weighted by Gasteiger charge is -2.36. The van der Waals surface area contributed by atoms with Gasteiger partial charge in [0.2, 0.25) is 5.91 Å². The molecule has 0 bridgehead atoms. The first-order valence-corrected chi connectivity index (χ1v) is 5.04. The number of rotatable bonds is 2. The van der Waals surface area contributed by atoms with E-state index < -0.39 is 0 Å². The fourth-order valence-corrected chi connectivity index (χ4v) is 1.95. The van der Waals surface area contributed by atoms with E-state index in [-0.39, 0.29) is 11.3 Å². The minimum atomic E-state index is -0.283. The Morgan fingerprint density at radius 1 is 1.46 bits per heavy atom. The number of hydrogen-bond acceptors (Lipinski definition) is 2. The summed E-state index contributed by atoms with van der Waals surface area (Å²) in [6.45, 7) is 5.06. The molecule has 2 N–H and O–H groups in total. The summed E-state index contributed by atoms with van der Waals surface area (Å²) in [7, 11) is 1.70. The normalized spacial score (nSPS) is 24.1. The lowest BCUT2D eigenvalue weighted by Crippen LogP contribution is -2.51. The molecule has 1 aliphatic rings. The third kappa shape index (κ3) is 2.21. The molecule has 1 unspecified atom stereocenters. The molecule has 0 aromatic carbocycles. The Hall–Kier alpha value is -0.570. The third-order valence-electron chi connectivity index (χ3n) is 2.99. The Morgan fingerprint density at radius 3 is 2.62 bits per heavy atom. The summed E-state index contributed by atoms with van der Waals surface area (Å²) in [6.07, 6.45) is 3.58. The fourth-order valence-electron chi connectivity index (χ4n) is 1.95. The summed E-state index contributed by atoms with van der Waals surface area (Å²) in [5.41, 5.74) is -0.283. The van der Waals surface area contributed by atoms with E-state index in [1.54, 1.807) is 7.05 Å². The molecule has 0 saturated carbocycles. The maximum absolute atomic E-state index is 11.6. The molecule has 0 spiro atoms. The van der Waals surface area contributed by atoms with E-state index in [4.69, 9.17) is 0 Å². The SMILES string of the molecule is CNC(=O)C(C)(C)C1CCCCN1. The summed E-state index contributed by atoms with van der Waals surface area (Å²) in [5, 5.41) is 6.14. The number of amides is 1. The van der Waals surface area contributed by atoms with Crippen LogP contribution in [0.2, 0.25) is 0 Å². The second-order valence-corrected chi connectivity index (χ2v) is 4.30. The number of carbonyl (C=O) groups is 1. The van der Waals surface area contributed by atoms with Crippen LogP contribution in [0, 0.1) is 5.41 Å². The quantitative estimate of drug-likeness (QED) is 0.669. The van der Waals surface area contributed by atoms with Crippen molar-refractivity contribution in [1.29, 1.82) is 0 Å². The first kappa shape index (κ1) is 10.5. The van der Waals surface area contributed by atoms with Crippen molar-refractivity contribution in [2.75, 3.05) is 13.6 Å². The zero-order valence-electron chi connectivity index (χ0n) is 8.81. The van der Waals surface area contributed by atoms with Crippen LogP contribution in [0.5, 0.6) is 0 Å². The minimum absolute atomic E-state index is 0.131. The first-order valence-electron chi connectivity index (χ1n) is 5.04. The molecule has 1 rings (SSSR count). The van der Waals surface area contributed by atoms with E-state index in [0.29, 0.717) is 6.04 Å². The topological polar surface area (TPSA) is 41.1 Å². The maximum atomic E-state index is 11.6. The predicted octanol–water partition coefficient (Wildman–Crippen LogP) is 0.901. The van der Waals surface area contributed by atoms with Gasteiger partial charge in [0, 0.05) is 13.1 Å². The standard InChI is InChI=1S/C10H20N2O/c1-10(2,9(13)11-3)8-6-4-5-7-12-8/h8,12H,4-7H2,1-3H3,(H,11,13). The van der Waals surface area contributed by atoms with Crippen molar-refractivity contribution in [3.63, 3.8) is 0 Å². The maximum Gasteiger partial charge on any atom is 0.226 e. The van der Waals surface area contributed by atoms with Crippen molar-refractivity contribution in [1.82, 2.24) is 10.6 Å². The molecule has 1 amide bonds. The van der Waals surface area contributed by atoms with Crippen molar-refractivity contribution in [2.24, 2.45) is 5.41 Å². The van der Waals surface area contributed by atoms with E-state index in [9.17, 15) is 4.79 Å². The summed E-state index contributed by atoms with van der Waals surface area (Å²) in [5.74, 6) is 0.131. The van der Waals surface area contributed by atoms with Crippen LogP contribution in [0.4, 0.5) is 0 Å². The van der Waals surface area contributed by atoms with Gasteiger partial charge in [0.25, 0.3) is 0 Å². The van der Waals surface area contributed by atoms with Crippen LogP contribution in [0.25, 0.3) is 0 Å². The Kier molecular flexibility index (Phi) is 3.31. The molecule has 0 radical (unpaired) electrons. The molecule has 1 fully saturated rings. The van der Waals surface area contributed by atoms with Gasteiger partial charge in [-0.2, -0.15) is 0 Å². The van der Waals surface area contributed by atoms with Crippen molar-refractivity contribution in [3.05, 3.63) is 0 Å². The van der Waals surface area contributed by atoms with Gasteiger partial charge in [-0.25, -0.2) is 0 Å². The van der Waals surface area contributed by atoms with Gasteiger partial charge in [-0.1, -0.05) is 6.42 Å². The highest BCUT2D eigenvalue weighted by Gasteiger charge is 2.36. The zero-order chi connectivity index (χ0) is 9.90. The van der Waals surface area contributed by atoms with Crippen molar-refractivity contribution in [3.8, 4) is 0 Å². The molecule has 0 aromatic rings. The van der Waals surface area contributed by atoms with Gasteiger partial charge in [-0.15, -0.1) is 0 Å². The number of nitrogens with one attached hydrogen (secondary N) is 2. The molecule has 1 aliphatic heterocycles. The molecule has 76 valence electrons. The molecule has 1 saturated heterocycles. The lowest BCUT2D eigenvalue weighted by molar-refractivity contribution is -0.130. The van der Waals surface area contributed by atoms with Gasteiger partial charge in [0.1, 0.15) is 0 Å². The highest BCUT2D eigenvalue weighted by molar-refractivity contribution is 5.82. The summed E-state index contributed by atoms with van der Waals surface area (Å²) >= 11 is 0. The van der Waals surface area contributed by atoms with Crippen molar-refractivity contribution < 1.29 is 4.79 Å². The zero-order valence-corrected chi connectivity index (χ0v) is 8.81. The highest BCUT2D eigenvalue weighted by atomic mass is 16.2. The van der Waals surface area contributed by atoms with Crippen molar-refractivity contribution in [2.45, 2.75) is 39.2 Å². The average Bonchev–Trinajstić information content (AvgIpc) is 2.18. The molecule has 3 nitrogen and oxygen atoms in total. The Labute approximate surface area is 80.3 Å². The van der Waals surface area contributed by atoms with Crippen LogP contribution in [0.15, 0.2) is 0 Å². The van der Waals surface area contributed by atoms with Gasteiger partial charge < -0.3 is 10.6 Å². The van der Waals surface area contributed by atoms with E-state index >= 15 is 0 Å². The monoisotopic (exact) mass is 184 g/mol. The molecular formula is C10H20N2O. The van der Waals surface area contributed by atoms with E-state index in [0.717, 1.165) is 13.0 Å². The Bertz CT molecular complexity index is 183. The molecule has 1 atom stereocenters. The third-order valence-corrected chi connectivity index (χ3v) is 2.99. The molecule has 3 heteroatoms. The van der Waals surface area contributed by atoms with Gasteiger partial charge in [0.05, 0.1) is 5.41 Å². The number of carbonyl (C=O) groups excluding carboxylic acids is 1. The van der Waals surface area contributed by atoms with Crippen LogP contribution < -0.4 is 10.6 Å². The molecular weight excluding hydrogens is 164 g/mol. The number of piperidine rings is 1. The molecule has 0 aliphatic carbocycles. The predicted molar refractivity (Wildman–Crippen MR) is 53.5 cm³/mol. The summed E-state index contributed by atoms with van der Waals surface area (Å²) in [4.78, 5) is 11.6. The Morgan fingerprint density at radius 2 is 2.15 bits per heavy atom. The second kappa shape index (κ2) is 4.09. The van der Waals surface area contributed by atoms with Crippen LogP contribution >= 0.6 is 0 Å². The van der Waals surface area contributed by atoms with Gasteiger partial charge >= 0.3 is 0 Å². The minimum Gasteiger partial charge on any atom is -0.359 e. The number of hydrogen-bond donors (Lipinski definition) is 2. The van der Waals surface area contributed by atoms with Crippen LogP contribution in [0.3, 0.4) is 0 Å². The lowest BCUT2D eigenvalue weighted by atomic mass is 9.79. The average molecular weight is 184 g/mol. The molecule has 13 heavy (non-hydrogen) atoms. The van der Waals surface area contributed by atoms with E-state index in [1.165, 1.54) is 12.8 Å². The van der Waals surface area contributed by atoms with Crippen LogP contribution in [0.1, 0.15) is 33.1 Å². The largest absolute Gasteiger partial charge is 0.359 e. The van der Waals surface area contributed by atoms with Gasteiger partial charge in [-0.3, -0.25) is 4.79 Å². The highest BCUT2D eigenvalue weighted by Crippen LogP contribution is 2.26. The smallest absolute Gasteiger partial charge is 0.226 e. The summed E-state index contributed by atoms with van der Waals surface area (Å²) < 4.78 is 0. The van der Waals surface area contributed by atoms with E-state index in [2.05, 4.69) is 10.6 Å². The molecule has 1 heterocycles. The second-order valence-electron chi connectivity index (χ2n) is 4.30. The first-order chi connectivity index (χ1) is 6.09. The van der Waals surface area contributed by atoms with Gasteiger partial charge in [0.15, 0.2) is 0 Å². The van der Waals surface area contributed by atoms with E-state index in [1.807, 2.05) is 13.8 Å². The van der Waals surface area contributed by atoms with Crippen molar-refractivity contribution >= 4 is 5.91 Å². The van der Waals surface area contributed by atoms with Crippen LogP contribution in [-0.2, 0) is 4.79 Å². The molecule has 0 aromatic heterocycles. The van der Waals surface area contributed by atoms with Gasteiger partial charge in [-0.05, 0) is 33.2 Å². The van der Waals surface area contributed by atoms with Crippen LogP contribution in [-0.4, -0.2) is 25.5 Å².